The number of fused-ring (bicyclic) bond motifs is 13. The van der Waals surface area contributed by atoms with E-state index in [1.807, 2.05) is 0 Å². The van der Waals surface area contributed by atoms with Crippen molar-refractivity contribution >= 4 is 97.6 Å². The molecule has 0 aliphatic heterocycles. The molecular weight excluding hydrogens is 781 g/mol. The van der Waals surface area contributed by atoms with Gasteiger partial charge in [-0.2, -0.15) is 0 Å². The van der Waals surface area contributed by atoms with Crippen molar-refractivity contribution in [3.8, 4) is 39.9 Å². The first-order chi connectivity index (χ1) is 31.7. The summed E-state index contributed by atoms with van der Waals surface area (Å²) in [6, 6.07) is 73.4. The van der Waals surface area contributed by atoms with Gasteiger partial charge in [-0.1, -0.05) is 164 Å². The molecule has 11 aromatic carbocycles. The van der Waals surface area contributed by atoms with Crippen LogP contribution in [0.25, 0.3) is 137 Å². The highest BCUT2D eigenvalue weighted by Gasteiger charge is 2.23. The largest absolute Gasteiger partial charge is 0.455 e. The molecule has 0 radical (unpaired) electrons. The number of hydrogen-bond acceptors (Lipinski definition) is 4. The number of rotatable bonds is 4. The van der Waals surface area contributed by atoms with Crippen LogP contribution in [0.4, 0.5) is 0 Å². The van der Waals surface area contributed by atoms with Crippen LogP contribution in [0.5, 0.6) is 0 Å². The van der Waals surface area contributed by atoms with Crippen LogP contribution in [0, 0.1) is 0 Å². The first kappa shape index (κ1) is 35.0. The van der Waals surface area contributed by atoms with Crippen molar-refractivity contribution in [3.63, 3.8) is 0 Å². The summed E-state index contributed by atoms with van der Waals surface area (Å²) in [6.07, 6.45) is 0. The summed E-state index contributed by atoms with van der Waals surface area (Å²) < 4.78 is 9.57. The summed E-state index contributed by atoms with van der Waals surface area (Å²) in [6.45, 7) is 0. The van der Waals surface area contributed by atoms with Gasteiger partial charge in [-0.25, -0.2) is 15.0 Å². The SMILES string of the molecule is c1ccc2cc(-c3nc(-c4ccc5ccccc5c4)nc(-c4cccc5c4oc4c6ccccc6c(-n6c7cc8ccccc8cc7c7c8ccccc8ccc76)cc54)n3)ccc2c1. The molecule has 0 saturated heterocycles. The van der Waals surface area contributed by atoms with E-state index in [1.54, 1.807) is 0 Å². The lowest BCUT2D eigenvalue weighted by Crippen LogP contribution is -2.00. The molecule has 0 bridgehead atoms. The summed E-state index contributed by atoms with van der Waals surface area (Å²) in [4.78, 5) is 15.6. The van der Waals surface area contributed by atoms with E-state index < -0.39 is 0 Å². The van der Waals surface area contributed by atoms with Crippen molar-refractivity contribution in [1.29, 1.82) is 0 Å². The minimum atomic E-state index is 0.552. The Morgan fingerprint density at radius 3 is 1.52 bits per heavy atom. The highest BCUT2D eigenvalue weighted by Crippen LogP contribution is 2.45. The number of aromatic nitrogens is 4. The van der Waals surface area contributed by atoms with Crippen molar-refractivity contribution in [2.24, 2.45) is 0 Å². The molecule has 0 amide bonds. The smallest absolute Gasteiger partial charge is 0.167 e. The van der Waals surface area contributed by atoms with Crippen molar-refractivity contribution in [3.05, 3.63) is 206 Å². The Morgan fingerprint density at radius 2 is 0.828 bits per heavy atom. The Kier molecular flexibility index (Phi) is 7.33. The molecule has 296 valence electrons. The van der Waals surface area contributed by atoms with Gasteiger partial charge in [0.05, 0.1) is 22.3 Å². The number of nitrogens with zero attached hydrogens (tertiary/aromatic N) is 4. The van der Waals surface area contributed by atoms with Crippen LogP contribution in [-0.2, 0) is 0 Å². The second kappa shape index (κ2) is 13.4. The van der Waals surface area contributed by atoms with Gasteiger partial charge < -0.3 is 8.98 Å². The lowest BCUT2D eigenvalue weighted by Gasteiger charge is -2.13. The summed E-state index contributed by atoms with van der Waals surface area (Å²) in [5.74, 6) is 1.76. The van der Waals surface area contributed by atoms with Crippen LogP contribution in [0.3, 0.4) is 0 Å². The van der Waals surface area contributed by atoms with Crippen LogP contribution < -0.4 is 0 Å². The molecule has 0 N–H and O–H groups in total. The van der Waals surface area contributed by atoms with E-state index in [-0.39, 0.29) is 0 Å². The fraction of sp³-hybridized carbons (Fsp3) is 0. The van der Waals surface area contributed by atoms with Crippen LogP contribution in [0.15, 0.2) is 211 Å². The van der Waals surface area contributed by atoms with Gasteiger partial charge >= 0.3 is 0 Å². The molecule has 3 aromatic heterocycles. The second-order valence-corrected chi connectivity index (χ2v) is 16.8. The van der Waals surface area contributed by atoms with Crippen molar-refractivity contribution < 1.29 is 4.42 Å². The number of para-hydroxylation sites is 1. The topological polar surface area (TPSA) is 56.7 Å². The quantitative estimate of drug-likeness (QED) is 0.178. The molecule has 5 heteroatoms. The standard InChI is InChI=1S/C59H34N4O/c1-3-15-38-30-42(26-24-35(38)12-1)57-60-58(43-27-25-36-13-2-4-16-39(36)31-43)62-59(61-57)48-23-11-22-47-49-34-53(45-20-9-10-21-46(45)56(49)64-55(47)48)63-51-29-28-37-14-7-8-19-44(37)54(51)50-32-40-17-5-6-18-41(40)33-52(50)63/h1-34H. The van der Waals surface area contributed by atoms with E-state index in [2.05, 4.69) is 211 Å². The summed E-state index contributed by atoms with van der Waals surface area (Å²) >= 11 is 0. The monoisotopic (exact) mass is 814 g/mol. The predicted octanol–water partition coefficient (Wildman–Crippen LogP) is 15.6. The lowest BCUT2D eigenvalue weighted by atomic mass is 10.0. The molecule has 0 aliphatic carbocycles. The third-order valence-corrected chi connectivity index (χ3v) is 13.1. The summed E-state index contributed by atoms with van der Waals surface area (Å²) in [5.41, 5.74) is 7.63. The van der Waals surface area contributed by atoms with E-state index in [4.69, 9.17) is 19.4 Å². The van der Waals surface area contributed by atoms with Crippen LogP contribution in [-0.4, -0.2) is 19.5 Å². The first-order valence-electron chi connectivity index (χ1n) is 21.7. The van der Waals surface area contributed by atoms with E-state index >= 15 is 0 Å². The summed E-state index contributed by atoms with van der Waals surface area (Å²) in [7, 11) is 0. The molecule has 0 spiro atoms. The average Bonchev–Trinajstić information content (AvgIpc) is 3.90. The van der Waals surface area contributed by atoms with Crippen LogP contribution >= 0.6 is 0 Å². The van der Waals surface area contributed by atoms with Crippen molar-refractivity contribution in [2.75, 3.05) is 0 Å². The van der Waals surface area contributed by atoms with Crippen molar-refractivity contribution in [2.45, 2.75) is 0 Å². The lowest BCUT2D eigenvalue weighted by molar-refractivity contribution is 0.673. The van der Waals surface area contributed by atoms with Crippen LogP contribution in [0.1, 0.15) is 0 Å². The zero-order valence-corrected chi connectivity index (χ0v) is 34.3. The molecule has 64 heavy (non-hydrogen) atoms. The molecule has 0 saturated carbocycles. The van der Waals surface area contributed by atoms with Gasteiger partial charge in [0, 0.05) is 43.4 Å². The molecule has 5 nitrogen and oxygen atoms in total. The van der Waals surface area contributed by atoms with E-state index in [0.717, 1.165) is 87.7 Å². The fourth-order valence-electron chi connectivity index (χ4n) is 10.1. The Morgan fingerprint density at radius 1 is 0.312 bits per heavy atom. The normalized spacial score (nSPS) is 12.1. The van der Waals surface area contributed by atoms with Gasteiger partial charge in [0.25, 0.3) is 0 Å². The number of benzene rings is 11. The van der Waals surface area contributed by atoms with Gasteiger partial charge in [0.1, 0.15) is 11.2 Å². The maximum Gasteiger partial charge on any atom is 0.167 e. The first-order valence-corrected chi connectivity index (χ1v) is 21.7. The maximum absolute atomic E-state index is 7.11. The highest BCUT2D eigenvalue weighted by molar-refractivity contribution is 6.25. The van der Waals surface area contributed by atoms with E-state index in [0.29, 0.717) is 17.5 Å². The Hall–Kier alpha value is -8.67. The van der Waals surface area contributed by atoms with Crippen molar-refractivity contribution in [1.82, 2.24) is 19.5 Å². The van der Waals surface area contributed by atoms with Gasteiger partial charge in [0.2, 0.25) is 0 Å². The molecule has 0 fully saturated rings. The highest BCUT2D eigenvalue weighted by atomic mass is 16.3. The number of furan rings is 1. The van der Waals surface area contributed by atoms with E-state index in [1.165, 1.54) is 32.3 Å². The minimum absolute atomic E-state index is 0.552. The molecule has 0 unspecified atom stereocenters. The fourth-order valence-corrected chi connectivity index (χ4v) is 10.1. The molecular formula is C59H34N4O. The zero-order chi connectivity index (χ0) is 41.9. The van der Waals surface area contributed by atoms with Gasteiger partial charge in [-0.15, -0.1) is 0 Å². The predicted molar refractivity (Wildman–Crippen MR) is 265 cm³/mol. The molecule has 0 atom stereocenters. The third-order valence-electron chi connectivity index (χ3n) is 13.1. The Bertz CT molecular complexity index is 4180. The zero-order valence-electron chi connectivity index (χ0n) is 34.3. The van der Waals surface area contributed by atoms with Gasteiger partial charge in [-0.3, -0.25) is 0 Å². The second-order valence-electron chi connectivity index (χ2n) is 16.8. The minimum Gasteiger partial charge on any atom is -0.455 e. The molecule has 14 rings (SSSR count). The van der Waals surface area contributed by atoms with Gasteiger partial charge in [-0.05, 0) is 85.6 Å². The number of hydrogen-bond donors (Lipinski definition) is 0. The summed E-state index contributed by atoms with van der Waals surface area (Å²) in [5, 5.41) is 16.1. The van der Waals surface area contributed by atoms with E-state index in [9.17, 15) is 0 Å². The molecule has 0 aliphatic rings. The Labute approximate surface area is 366 Å². The van der Waals surface area contributed by atoms with Gasteiger partial charge in [0.15, 0.2) is 17.5 Å². The third kappa shape index (κ3) is 5.22. The average molecular weight is 815 g/mol. The maximum atomic E-state index is 7.11. The molecule has 14 aromatic rings. The molecule has 3 heterocycles. The Balaban J connectivity index is 1.04. The van der Waals surface area contributed by atoms with Crippen LogP contribution in [0.2, 0.25) is 0 Å².